The fourth-order valence-electron chi connectivity index (χ4n) is 2.31. The summed E-state index contributed by atoms with van der Waals surface area (Å²) in [7, 11) is -0.877. The van der Waals surface area contributed by atoms with Crippen molar-refractivity contribution in [2.45, 2.75) is 0 Å². The van der Waals surface area contributed by atoms with E-state index in [1.54, 1.807) is 0 Å². The van der Waals surface area contributed by atoms with E-state index in [0.717, 1.165) is 0 Å². The van der Waals surface area contributed by atoms with Crippen molar-refractivity contribution < 1.29 is 35.7 Å². The van der Waals surface area contributed by atoms with Crippen molar-refractivity contribution in [3.63, 3.8) is 0 Å². The summed E-state index contributed by atoms with van der Waals surface area (Å²) in [5, 5.41) is 4.31. The Morgan fingerprint density at radius 3 is 0.759 bits per heavy atom. The molecule has 0 fully saturated rings. The fraction of sp³-hybridized carbons (Fsp3) is 0. The van der Waals surface area contributed by atoms with Crippen molar-refractivity contribution in [1.29, 1.82) is 0 Å². The van der Waals surface area contributed by atoms with Crippen LogP contribution in [0.25, 0.3) is 0 Å². The molecule has 0 amide bonds. The van der Waals surface area contributed by atoms with Gasteiger partial charge in [0, 0.05) is 17.1 Å². The smallest absolute Gasteiger partial charge is 0.102 e. The van der Waals surface area contributed by atoms with Crippen LogP contribution in [0.15, 0.2) is 91.0 Å². The molecule has 3 aromatic rings. The van der Waals surface area contributed by atoms with Gasteiger partial charge >= 0.3 is 45.2 Å². The minimum atomic E-state index is -0.877. The van der Waals surface area contributed by atoms with Gasteiger partial charge in [0.2, 0.25) is 0 Å². The predicted molar refractivity (Wildman–Crippen MR) is 109 cm³/mol. The molecule has 0 bridgehead atoms. The molecule has 147 valence electrons. The van der Waals surface area contributed by atoms with Crippen LogP contribution in [0.2, 0.25) is 0 Å². The monoisotopic (exact) mass is 445 g/mol. The molecule has 0 aliphatic heterocycles. The van der Waals surface area contributed by atoms with Crippen LogP contribution in [0.5, 0.6) is 0 Å². The standard InChI is InChI=1S/C18H15P.4CO.CH3.Mn/c1-4-10-16(11-5-1)19(17-12-6-2-7-13-17)18-14-8-3-9-15-18;4*1-2;;/h1-15H;;;;;1H3;/q;;;;;-1;/p+1. The number of hydrogen-bond acceptors (Lipinski definition) is 0. The zero-order chi connectivity index (χ0) is 20.9. The molecule has 0 N–H and O–H groups in total. The van der Waals surface area contributed by atoms with Crippen molar-refractivity contribution in [2.75, 3.05) is 0 Å². The van der Waals surface area contributed by atoms with E-state index in [1.807, 2.05) is 0 Å². The minimum absolute atomic E-state index is 0. The third-order valence-electron chi connectivity index (χ3n) is 3.19. The van der Waals surface area contributed by atoms with Crippen molar-refractivity contribution >= 4 is 23.8 Å². The van der Waals surface area contributed by atoms with Crippen LogP contribution in [0.3, 0.4) is 0 Å². The van der Waals surface area contributed by atoms with E-state index in [9.17, 15) is 0 Å². The summed E-state index contributed by atoms with van der Waals surface area (Å²) in [5.41, 5.74) is 0. The maximum Gasteiger partial charge on any atom is 0.102 e. The summed E-state index contributed by atoms with van der Waals surface area (Å²) in [6.45, 7) is 18.0. The first-order valence-corrected chi connectivity index (χ1v) is 8.80. The van der Waals surface area contributed by atoms with Crippen LogP contribution < -0.4 is 15.9 Å². The molecule has 0 spiro atoms. The molecule has 0 aliphatic carbocycles. The Balaban J connectivity index is -0.000000281. The van der Waals surface area contributed by atoms with Crippen LogP contribution in [-0.4, -0.2) is 0 Å². The Bertz CT molecular complexity index is 683. The first-order chi connectivity index (χ1) is 13.4. The average molecular weight is 445 g/mol. The summed E-state index contributed by atoms with van der Waals surface area (Å²) in [5.74, 6) is 0. The predicted octanol–water partition coefficient (Wildman–Crippen LogP) is 3.47. The van der Waals surface area contributed by atoms with E-state index in [-0.39, 0.29) is 24.5 Å². The van der Waals surface area contributed by atoms with Crippen molar-refractivity contribution in [3.05, 3.63) is 125 Å². The van der Waals surface area contributed by atoms with Gasteiger partial charge in [0.05, 0.1) is 7.92 Å². The number of hydrogen-bond donors (Lipinski definition) is 0. The van der Waals surface area contributed by atoms with Crippen LogP contribution in [0.1, 0.15) is 0 Å². The minimum Gasteiger partial charge on any atom is -0.358 e. The van der Waals surface area contributed by atoms with Gasteiger partial charge in [-0.2, -0.15) is 0 Å². The van der Waals surface area contributed by atoms with Gasteiger partial charge in [0.1, 0.15) is 15.9 Å². The molecule has 0 aromatic heterocycles. The molecular formula is C23H19MnO4P. The largest absolute Gasteiger partial charge is 0.358 e. The van der Waals surface area contributed by atoms with Crippen molar-refractivity contribution in [2.24, 2.45) is 0 Å². The SMILES string of the molecule is [C-]#[O+].[C-]#[O+].[C-]#[O+].[C-]#[O+].[CH3-].[Mn].c1ccc([PH+](c2ccccc2)c2ccccc2)cc1. The van der Waals surface area contributed by atoms with Gasteiger partial charge in [-0.25, -0.2) is 0 Å². The van der Waals surface area contributed by atoms with Gasteiger partial charge in [-0.3, -0.25) is 0 Å². The maximum absolute atomic E-state index is 7.50. The van der Waals surface area contributed by atoms with Gasteiger partial charge < -0.3 is 7.43 Å². The summed E-state index contributed by atoms with van der Waals surface area (Å²) in [6.07, 6.45) is 0. The topological polar surface area (TPSA) is 79.6 Å². The van der Waals surface area contributed by atoms with Crippen LogP contribution >= 0.6 is 7.92 Å². The van der Waals surface area contributed by atoms with Gasteiger partial charge in [0.15, 0.2) is 0 Å². The molecule has 0 atom stereocenters. The Hall–Kier alpha value is -2.43. The van der Waals surface area contributed by atoms with E-state index in [2.05, 4.69) is 118 Å². The van der Waals surface area contributed by atoms with E-state index in [4.69, 9.17) is 18.6 Å². The quantitative estimate of drug-likeness (QED) is 0.256. The zero-order valence-corrected chi connectivity index (χ0v) is 17.9. The van der Waals surface area contributed by atoms with E-state index < -0.39 is 7.92 Å². The van der Waals surface area contributed by atoms with Crippen molar-refractivity contribution in [1.82, 2.24) is 0 Å². The molecular weight excluding hydrogens is 426 g/mol. The van der Waals surface area contributed by atoms with Crippen molar-refractivity contribution in [3.8, 4) is 0 Å². The van der Waals surface area contributed by atoms with E-state index >= 15 is 0 Å². The van der Waals surface area contributed by atoms with Gasteiger partial charge in [-0.1, -0.05) is 54.6 Å². The molecule has 0 heterocycles. The molecule has 0 unspecified atom stereocenters. The van der Waals surface area contributed by atoms with Crippen LogP contribution in [0.4, 0.5) is 0 Å². The van der Waals surface area contributed by atoms with E-state index in [0.29, 0.717) is 0 Å². The summed E-state index contributed by atoms with van der Waals surface area (Å²) >= 11 is 0. The third kappa shape index (κ3) is 12.6. The molecule has 29 heavy (non-hydrogen) atoms. The van der Waals surface area contributed by atoms with E-state index in [1.165, 1.54) is 15.9 Å². The molecule has 0 saturated carbocycles. The van der Waals surface area contributed by atoms with Gasteiger partial charge in [-0.05, 0) is 36.4 Å². The summed E-state index contributed by atoms with van der Waals surface area (Å²) in [4.78, 5) is 0. The third-order valence-corrected chi connectivity index (χ3v) is 5.92. The second kappa shape index (κ2) is 25.6. The first-order valence-electron chi connectivity index (χ1n) is 7.30. The molecule has 3 aromatic carbocycles. The molecule has 0 aliphatic rings. The normalized spacial score (nSPS) is 7.21. The van der Waals surface area contributed by atoms with Crippen LogP contribution in [-0.2, 0) is 35.7 Å². The molecule has 0 saturated heterocycles. The second-order valence-electron chi connectivity index (χ2n) is 4.47. The molecule has 4 nitrogen and oxygen atoms in total. The molecule has 3 rings (SSSR count). The fourth-order valence-corrected chi connectivity index (χ4v) is 4.89. The summed E-state index contributed by atoms with van der Waals surface area (Å²) < 4.78 is 30.0. The summed E-state index contributed by atoms with van der Waals surface area (Å²) in [6, 6.07) is 32.5. The average Bonchev–Trinajstić information content (AvgIpc) is 2.82. The molecule has 1 radical (unpaired) electrons. The van der Waals surface area contributed by atoms with Gasteiger partial charge in [-0.15, -0.1) is 0 Å². The Kier molecular flexibility index (Phi) is 30.1. The Labute approximate surface area is 184 Å². The zero-order valence-electron chi connectivity index (χ0n) is 15.7. The Morgan fingerprint density at radius 2 is 0.586 bits per heavy atom. The Morgan fingerprint density at radius 1 is 0.414 bits per heavy atom. The van der Waals surface area contributed by atoms with Crippen LogP contribution in [0, 0.1) is 34.0 Å². The number of benzene rings is 3. The second-order valence-corrected chi connectivity index (χ2v) is 6.96. The number of rotatable bonds is 3. The van der Waals surface area contributed by atoms with Gasteiger partial charge in [0.25, 0.3) is 0 Å². The molecule has 6 heteroatoms. The maximum atomic E-state index is 7.50. The first kappa shape index (κ1) is 34.1.